The summed E-state index contributed by atoms with van der Waals surface area (Å²) in [5.74, 6) is -0.648. The summed E-state index contributed by atoms with van der Waals surface area (Å²) in [5, 5.41) is 34.2. The lowest BCUT2D eigenvalue weighted by Crippen LogP contribution is -1.71. The summed E-state index contributed by atoms with van der Waals surface area (Å²) in [6.07, 6.45) is 0. The Bertz CT molecular complexity index is 400. The van der Waals surface area contributed by atoms with E-state index in [0.717, 1.165) is 0 Å². The van der Waals surface area contributed by atoms with Gasteiger partial charge in [-0.25, -0.2) is 0 Å². The average Bonchev–Trinajstić information content (AvgIpc) is 2.31. The molecule has 0 aromatic carbocycles. The highest BCUT2D eigenvalue weighted by molar-refractivity contribution is 5.17. The Morgan fingerprint density at radius 2 is 0.889 bits per heavy atom. The zero-order chi connectivity index (χ0) is 14.0. The van der Waals surface area contributed by atoms with Crippen LogP contribution in [0.1, 0.15) is 0 Å². The van der Waals surface area contributed by atoms with Crippen LogP contribution in [-0.2, 0) is 4.79 Å². The maximum absolute atomic E-state index is 8.54. The molecule has 0 aliphatic rings. The Labute approximate surface area is 103 Å². The van der Waals surface area contributed by atoms with Crippen LogP contribution >= 0.6 is 0 Å². The molecule has 2 rings (SSSR count). The molecule has 0 bridgehead atoms. The Kier molecular flexibility index (Phi) is 7.03. The second-order valence-electron chi connectivity index (χ2n) is 2.71. The van der Waals surface area contributed by atoms with E-state index in [1.807, 2.05) is 6.79 Å². The van der Waals surface area contributed by atoms with Gasteiger partial charge in [-0.1, -0.05) is 12.1 Å². The fourth-order valence-corrected chi connectivity index (χ4v) is 0.824. The number of hydrogen-bond acceptors (Lipinski definition) is 7. The Hall–Kier alpha value is -2.83. The van der Waals surface area contributed by atoms with Gasteiger partial charge in [0.2, 0.25) is 23.5 Å². The predicted molar refractivity (Wildman–Crippen MR) is 62.3 cm³/mol. The Morgan fingerprint density at radius 3 is 1.00 bits per heavy atom. The summed E-state index contributed by atoms with van der Waals surface area (Å²) in [5.41, 5.74) is 0. The summed E-state index contributed by atoms with van der Waals surface area (Å²) in [6.45, 7) is 2.00. The third-order valence-corrected chi connectivity index (χ3v) is 1.44. The lowest BCUT2D eigenvalue weighted by molar-refractivity contribution is -0.0979. The first-order chi connectivity index (χ1) is 8.58. The molecule has 0 amide bonds. The normalized spacial score (nSPS) is 8.22. The molecule has 4 N–H and O–H groups in total. The highest BCUT2D eigenvalue weighted by atomic mass is 16.3. The van der Waals surface area contributed by atoms with Crippen molar-refractivity contribution in [1.82, 2.24) is 9.97 Å². The van der Waals surface area contributed by atoms with Gasteiger partial charge in [0.25, 0.3) is 0 Å². The van der Waals surface area contributed by atoms with Crippen molar-refractivity contribution in [3.05, 3.63) is 36.4 Å². The van der Waals surface area contributed by atoms with Crippen molar-refractivity contribution in [3.8, 4) is 23.5 Å². The zero-order valence-corrected chi connectivity index (χ0v) is 9.26. The van der Waals surface area contributed by atoms with Crippen LogP contribution in [0.3, 0.4) is 0 Å². The maximum Gasteiger partial charge on any atom is 0.214 e. The van der Waals surface area contributed by atoms with Gasteiger partial charge in [0.05, 0.1) is 0 Å². The van der Waals surface area contributed by atoms with Crippen molar-refractivity contribution in [2.45, 2.75) is 0 Å². The molecule has 0 atom stereocenters. The largest absolute Gasteiger partial charge is 0.493 e. The van der Waals surface area contributed by atoms with Crippen molar-refractivity contribution in [2.75, 3.05) is 0 Å². The summed E-state index contributed by atoms with van der Waals surface area (Å²) in [7, 11) is 0. The van der Waals surface area contributed by atoms with Crippen LogP contribution in [0.5, 0.6) is 23.5 Å². The van der Waals surface area contributed by atoms with E-state index in [4.69, 9.17) is 25.2 Å². The molecular formula is C11H12N2O5. The van der Waals surface area contributed by atoms with Crippen molar-refractivity contribution in [1.29, 1.82) is 0 Å². The lowest BCUT2D eigenvalue weighted by Gasteiger charge is -1.88. The SMILES string of the molecule is C=O.Oc1cccc(O)n1.Oc1cccc(O)n1. The van der Waals surface area contributed by atoms with Crippen LogP contribution < -0.4 is 0 Å². The number of pyridine rings is 2. The molecule has 0 unspecified atom stereocenters. The number of aromatic hydroxyl groups is 4. The molecule has 0 saturated carbocycles. The van der Waals surface area contributed by atoms with Gasteiger partial charge in [-0.3, -0.25) is 0 Å². The third kappa shape index (κ3) is 6.62. The summed E-state index contributed by atoms with van der Waals surface area (Å²) in [6, 6.07) is 8.58. The van der Waals surface area contributed by atoms with Crippen LogP contribution in [0.4, 0.5) is 0 Å². The number of nitrogens with zero attached hydrogens (tertiary/aromatic N) is 2. The second kappa shape index (κ2) is 8.34. The van der Waals surface area contributed by atoms with E-state index in [1.54, 1.807) is 0 Å². The first-order valence-corrected chi connectivity index (χ1v) is 4.57. The minimum Gasteiger partial charge on any atom is -0.493 e. The van der Waals surface area contributed by atoms with E-state index in [1.165, 1.54) is 36.4 Å². The van der Waals surface area contributed by atoms with Gasteiger partial charge in [0, 0.05) is 24.3 Å². The van der Waals surface area contributed by atoms with E-state index in [2.05, 4.69) is 9.97 Å². The van der Waals surface area contributed by atoms with E-state index >= 15 is 0 Å². The number of rotatable bonds is 0. The summed E-state index contributed by atoms with van der Waals surface area (Å²) < 4.78 is 0. The van der Waals surface area contributed by atoms with Crippen LogP contribution in [-0.4, -0.2) is 37.2 Å². The van der Waals surface area contributed by atoms with Gasteiger partial charge in [-0.2, -0.15) is 9.97 Å². The minimum absolute atomic E-state index is 0.162. The number of hydrogen-bond donors (Lipinski definition) is 4. The molecule has 2 aromatic heterocycles. The highest BCUT2D eigenvalue weighted by Crippen LogP contribution is 2.08. The molecule has 7 heteroatoms. The lowest BCUT2D eigenvalue weighted by atomic mass is 10.5. The first-order valence-electron chi connectivity index (χ1n) is 4.57. The van der Waals surface area contributed by atoms with E-state index in [-0.39, 0.29) is 23.5 Å². The fraction of sp³-hybridized carbons (Fsp3) is 0. The predicted octanol–water partition coefficient (Wildman–Crippen LogP) is 0.801. The van der Waals surface area contributed by atoms with Crippen molar-refractivity contribution >= 4 is 6.79 Å². The molecule has 18 heavy (non-hydrogen) atoms. The monoisotopic (exact) mass is 252 g/mol. The van der Waals surface area contributed by atoms with Crippen molar-refractivity contribution in [3.63, 3.8) is 0 Å². The molecule has 0 fully saturated rings. The topological polar surface area (TPSA) is 124 Å². The standard InChI is InChI=1S/2C5H5NO2.CH2O/c2*7-4-2-1-3-5(8)6-4;1-2/h2*1-3H,(H2,6,7,8);1H2. The number of carbonyl (C=O) groups is 1. The van der Waals surface area contributed by atoms with E-state index in [9.17, 15) is 0 Å². The highest BCUT2D eigenvalue weighted by Gasteiger charge is 1.87. The quantitative estimate of drug-likeness (QED) is 0.546. The molecule has 0 aliphatic carbocycles. The van der Waals surface area contributed by atoms with Crippen LogP contribution in [0, 0.1) is 0 Å². The van der Waals surface area contributed by atoms with Gasteiger partial charge < -0.3 is 25.2 Å². The van der Waals surface area contributed by atoms with Crippen molar-refractivity contribution < 1.29 is 25.2 Å². The number of aromatic nitrogens is 2. The van der Waals surface area contributed by atoms with Crippen LogP contribution in [0.2, 0.25) is 0 Å². The molecule has 0 radical (unpaired) electrons. The first kappa shape index (κ1) is 15.2. The minimum atomic E-state index is -0.162. The van der Waals surface area contributed by atoms with Gasteiger partial charge in [-0.05, 0) is 0 Å². The molecule has 96 valence electrons. The third-order valence-electron chi connectivity index (χ3n) is 1.44. The molecule has 2 aromatic rings. The van der Waals surface area contributed by atoms with Crippen LogP contribution in [0.15, 0.2) is 36.4 Å². The van der Waals surface area contributed by atoms with Crippen LogP contribution in [0.25, 0.3) is 0 Å². The van der Waals surface area contributed by atoms with Crippen molar-refractivity contribution in [2.24, 2.45) is 0 Å². The second-order valence-corrected chi connectivity index (χ2v) is 2.71. The summed E-state index contributed by atoms with van der Waals surface area (Å²) in [4.78, 5) is 14.6. The van der Waals surface area contributed by atoms with Gasteiger partial charge in [0.15, 0.2) is 0 Å². The van der Waals surface area contributed by atoms with Gasteiger partial charge in [-0.15, -0.1) is 0 Å². The van der Waals surface area contributed by atoms with Gasteiger partial charge in [0.1, 0.15) is 6.79 Å². The molecule has 2 heterocycles. The smallest absolute Gasteiger partial charge is 0.214 e. The summed E-state index contributed by atoms with van der Waals surface area (Å²) >= 11 is 0. The Morgan fingerprint density at radius 1 is 0.667 bits per heavy atom. The number of carbonyl (C=O) groups excluding carboxylic acids is 1. The molecule has 0 spiro atoms. The molecule has 0 saturated heterocycles. The van der Waals surface area contributed by atoms with E-state index in [0.29, 0.717) is 0 Å². The zero-order valence-electron chi connectivity index (χ0n) is 9.26. The maximum atomic E-state index is 8.54. The Balaban J connectivity index is 0.000000283. The van der Waals surface area contributed by atoms with Gasteiger partial charge >= 0.3 is 0 Å². The molecule has 0 aliphatic heterocycles. The average molecular weight is 252 g/mol. The molecule has 7 nitrogen and oxygen atoms in total. The van der Waals surface area contributed by atoms with E-state index < -0.39 is 0 Å². The molecular weight excluding hydrogens is 240 g/mol. The fourth-order valence-electron chi connectivity index (χ4n) is 0.824.